The number of imide groups is 1. The van der Waals surface area contributed by atoms with Crippen LogP contribution in [-0.4, -0.2) is 62.6 Å². The molecule has 2 aliphatic rings. The normalized spacial score (nSPS) is 17.2. The molecule has 9 heteroatoms. The number of hydrogen-bond acceptors (Lipinski definition) is 8. The number of nitrogens with zero attached hydrogens (tertiary/aromatic N) is 1. The van der Waals surface area contributed by atoms with Gasteiger partial charge >= 0.3 is 11.9 Å². The van der Waals surface area contributed by atoms with Crippen LogP contribution < -0.4 is 5.32 Å². The highest BCUT2D eigenvalue weighted by molar-refractivity contribution is 6.21. The van der Waals surface area contributed by atoms with Crippen LogP contribution in [0.1, 0.15) is 39.1 Å². The monoisotopic (exact) mass is 490 g/mol. The predicted molar refractivity (Wildman–Crippen MR) is 129 cm³/mol. The highest BCUT2D eigenvalue weighted by atomic mass is 16.5. The van der Waals surface area contributed by atoms with Crippen molar-refractivity contribution in [2.24, 2.45) is 0 Å². The summed E-state index contributed by atoms with van der Waals surface area (Å²) in [5.74, 6) is -2.66. The SMILES string of the molecule is COC(=O)C1=C(C)NC(COCCN2C(=O)c3ccccc3C2=O)=C(C(=O)OC)C1c1ccccc1. The minimum atomic E-state index is -0.734. The third-order valence-electron chi connectivity index (χ3n) is 6.17. The first-order valence-corrected chi connectivity index (χ1v) is 11.3. The summed E-state index contributed by atoms with van der Waals surface area (Å²) in [4.78, 5) is 51.9. The molecule has 0 spiro atoms. The average Bonchev–Trinajstić information content (AvgIpc) is 3.15. The van der Waals surface area contributed by atoms with Crippen LogP contribution in [0, 0.1) is 0 Å². The number of nitrogens with one attached hydrogen (secondary N) is 1. The van der Waals surface area contributed by atoms with Crippen LogP contribution in [0.15, 0.2) is 77.1 Å². The molecule has 0 saturated heterocycles. The molecule has 0 fully saturated rings. The average molecular weight is 491 g/mol. The Balaban J connectivity index is 1.56. The molecular weight excluding hydrogens is 464 g/mol. The molecule has 2 aliphatic heterocycles. The van der Waals surface area contributed by atoms with Crippen LogP contribution in [-0.2, 0) is 23.8 Å². The van der Waals surface area contributed by atoms with Crippen LogP contribution in [0.4, 0.5) is 0 Å². The maximum Gasteiger partial charge on any atom is 0.336 e. The van der Waals surface area contributed by atoms with Crippen molar-refractivity contribution in [1.82, 2.24) is 10.2 Å². The number of hydrogen-bond donors (Lipinski definition) is 1. The molecule has 2 aromatic carbocycles. The molecule has 2 amide bonds. The zero-order valence-corrected chi connectivity index (χ0v) is 20.2. The second kappa shape index (κ2) is 10.6. The minimum absolute atomic E-state index is 0.0390. The summed E-state index contributed by atoms with van der Waals surface area (Å²) in [5.41, 5.74) is 2.89. The van der Waals surface area contributed by atoms with Crippen molar-refractivity contribution in [2.45, 2.75) is 12.8 Å². The number of carbonyl (C=O) groups excluding carboxylic acids is 4. The van der Waals surface area contributed by atoms with Gasteiger partial charge in [0, 0.05) is 5.70 Å². The fourth-order valence-corrected chi connectivity index (χ4v) is 4.49. The standard InChI is InChI=1S/C27H26N2O7/c1-16-21(26(32)34-2)22(17-9-5-4-6-10-17)23(27(33)35-3)20(28-16)15-36-14-13-29-24(30)18-11-7-8-12-19(18)25(29)31/h4-12,22,28H,13-15H2,1-3H3. The van der Waals surface area contributed by atoms with E-state index in [4.69, 9.17) is 14.2 Å². The Kier molecular flexibility index (Phi) is 7.30. The third kappa shape index (κ3) is 4.52. The zero-order valence-electron chi connectivity index (χ0n) is 20.2. The van der Waals surface area contributed by atoms with E-state index in [9.17, 15) is 19.2 Å². The van der Waals surface area contributed by atoms with Gasteiger partial charge in [-0.25, -0.2) is 9.59 Å². The van der Waals surface area contributed by atoms with Gasteiger partial charge in [0.15, 0.2) is 0 Å². The highest BCUT2D eigenvalue weighted by Crippen LogP contribution is 2.39. The smallest absolute Gasteiger partial charge is 0.336 e. The molecular formula is C27H26N2O7. The van der Waals surface area contributed by atoms with E-state index in [-0.39, 0.29) is 37.1 Å². The van der Waals surface area contributed by atoms with Gasteiger partial charge < -0.3 is 19.5 Å². The molecule has 0 aliphatic carbocycles. The summed E-state index contributed by atoms with van der Waals surface area (Å²) >= 11 is 0. The van der Waals surface area contributed by atoms with Crippen molar-refractivity contribution in [2.75, 3.05) is 34.0 Å². The van der Waals surface area contributed by atoms with Gasteiger partial charge in [-0.05, 0) is 24.6 Å². The Morgan fingerprint density at radius 2 is 1.42 bits per heavy atom. The number of carbonyl (C=O) groups is 4. The van der Waals surface area contributed by atoms with Crippen LogP contribution in [0.25, 0.3) is 0 Å². The Hall–Kier alpha value is -4.24. The van der Waals surface area contributed by atoms with Crippen molar-refractivity contribution in [3.05, 3.63) is 93.8 Å². The fraction of sp³-hybridized carbons (Fsp3) is 0.259. The summed E-state index contributed by atoms with van der Waals surface area (Å²) in [5, 5.41) is 3.09. The predicted octanol–water partition coefficient (Wildman–Crippen LogP) is 2.56. The number of ether oxygens (including phenoxy) is 3. The molecule has 9 nitrogen and oxygen atoms in total. The van der Waals surface area contributed by atoms with E-state index in [1.54, 1.807) is 31.2 Å². The van der Waals surface area contributed by atoms with Gasteiger partial charge in [-0.15, -0.1) is 0 Å². The molecule has 186 valence electrons. The largest absolute Gasteiger partial charge is 0.466 e. The summed E-state index contributed by atoms with van der Waals surface area (Å²) in [6, 6.07) is 15.8. The number of methoxy groups -OCH3 is 2. The van der Waals surface area contributed by atoms with Gasteiger partial charge in [-0.2, -0.15) is 0 Å². The summed E-state index contributed by atoms with van der Waals surface area (Å²) in [6.07, 6.45) is 0. The molecule has 0 saturated carbocycles. The lowest BCUT2D eigenvalue weighted by Gasteiger charge is -2.31. The van der Waals surface area contributed by atoms with E-state index < -0.39 is 17.9 Å². The second-order valence-electron chi connectivity index (χ2n) is 8.24. The van der Waals surface area contributed by atoms with E-state index in [1.807, 2.05) is 30.3 Å². The Morgan fingerprint density at radius 1 is 0.861 bits per heavy atom. The minimum Gasteiger partial charge on any atom is -0.466 e. The van der Waals surface area contributed by atoms with E-state index in [0.717, 1.165) is 4.90 Å². The Bertz CT molecular complexity index is 1250. The molecule has 2 heterocycles. The van der Waals surface area contributed by atoms with Gasteiger partial charge in [-0.3, -0.25) is 14.5 Å². The number of amides is 2. The van der Waals surface area contributed by atoms with E-state index >= 15 is 0 Å². The first kappa shape index (κ1) is 24.9. The topological polar surface area (TPSA) is 111 Å². The second-order valence-corrected chi connectivity index (χ2v) is 8.24. The number of benzene rings is 2. The number of dihydropyridines is 1. The number of fused-ring (bicyclic) bond motifs is 1. The van der Waals surface area contributed by atoms with Crippen LogP contribution in [0.5, 0.6) is 0 Å². The van der Waals surface area contributed by atoms with Crippen molar-refractivity contribution in [1.29, 1.82) is 0 Å². The summed E-state index contributed by atoms with van der Waals surface area (Å²) in [6.45, 7) is 1.78. The first-order valence-electron chi connectivity index (χ1n) is 11.3. The maximum absolute atomic E-state index is 12.9. The Morgan fingerprint density at radius 3 is 2.00 bits per heavy atom. The van der Waals surface area contributed by atoms with E-state index in [1.165, 1.54) is 14.2 Å². The molecule has 1 N–H and O–H groups in total. The summed E-state index contributed by atoms with van der Waals surface area (Å²) < 4.78 is 15.9. The van der Waals surface area contributed by atoms with E-state index in [0.29, 0.717) is 33.7 Å². The fourth-order valence-electron chi connectivity index (χ4n) is 4.49. The van der Waals surface area contributed by atoms with Gasteiger partial charge in [0.2, 0.25) is 0 Å². The molecule has 0 radical (unpaired) electrons. The molecule has 0 bridgehead atoms. The zero-order chi connectivity index (χ0) is 25.8. The number of rotatable bonds is 8. The van der Waals surface area contributed by atoms with Gasteiger partial charge in [0.1, 0.15) is 0 Å². The summed E-state index contributed by atoms with van der Waals surface area (Å²) in [7, 11) is 2.55. The third-order valence-corrected chi connectivity index (χ3v) is 6.17. The Labute approximate surface area is 208 Å². The molecule has 2 aromatic rings. The van der Waals surface area contributed by atoms with Crippen LogP contribution in [0.3, 0.4) is 0 Å². The molecule has 1 unspecified atom stereocenters. The number of esters is 2. The molecule has 36 heavy (non-hydrogen) atoms. The van der Waals surface area contributed by atoms with E-state index in [2.05, 4.69) is 5.32 Å². The molecule has 0 aromatic heterocycles. The van der Waals surface area contributed by atoms with Gasteiger partial charge in [-0.1, -0.05) is 42.5 Å². The number of allylic oxidation sites excluding steroid dienone is 1. The van der Waals surface area contributed by atoms with Crippen molar-refractivity contribution < 1.29 is 33.4 Å². The van der Waals surface area contributed by atoms with Crippen molar-refractivity contribution in [3.8, 4) is 0 Å². The van der Waals surface area contributed by atoms with Crippen LogP contribution >= 0.6 is 0 Å². The lowest BCUT2D eigenvalue weighted by molar-refractivity contribution is -0.137. The lowest BCUT2D eigenvalue weighted by atomic mass is 9.80. The van der Waals surface area contributed by atoms with Crippen molar-refractivity contribution in [3.63, 3.8) is 0 Å². The first-order chi connectivity index (χ1) is 17.4. The van der Waals surface area contributed by atoms with Crippen LogP contribution in [0.2, 0.25) is 0 Å². The lowest BCUT2D eigenvalue weighted by Crippen LogP contribution is -2.36. The molecule has 1 atom stereocenters. The highest BCUT2D eigenvalue weighted by Gasteiger charge is 2.39. The van der Waals surface area contributed by atoms with Gasteiger partial charge in [0.05, 0.1) is 67.9 Å². The van der Waals surface area contributed by atoms with Gasteiger partial charge in [0.25, 0.3) is 11.8 Å². The molecule has 4 rings (SSSR count). The van der Waals surface area contributed by atoms with Crippen molar-refractivity contribution >= 4 is 23.8 Å². The maximum atomic E-state index is 12.9. The quantitative estimate of drug-likeness (QED) is 0.342.